The highest BCUT2D eigenvalue weighted by Gasteiger charge is 2.31. The van der Waals surface area contributed by atoms with Crippen LogP contribution < -0.4 is 24.8 Å². The van der Waals surface area contributed by atoms with Crippen molar-refractivity contribution in [2.45, 2.75) is 44.2 Å². The topological polar surface area (TPSA) is 119 Å². The number of carbonyl (C=O) groups excluding carboxylic acids is 2. The summed E-state index contributed by atoms with van der Waals surface area (Å²) in [5.41, 5.74) is 7.27. The van der Waals surface area contributed by atoms with Crippen LogP contribution in [0.2, 0.25) is 10.0 Å². The number of ether oxygens (including phenoxy) is 4. The number of esters is 1. The lowest BCUT2D eigenvalue weighted by atomic mass is 9.94. The van der Waals surface area contributed by atoms with E-state index in [0.29, 0.717) is 59.0 Å². The van der Waals surface area contributed by atoms with E-state index in [0.717, 1.165) is 38.9 Å². The first-order valence-corrected chi connectivity index (χ1v) is 17.8. The fourth-order valence-electron chi connectivity index (χ4n) is 6.42. The van der Waals surface area contributed by atoms with Crippen molar-refractivity contribution in [1.82, 2.24) is 10.6 Å². The first-order chi connectivity index (χ1) is 25.8. The number of nitrogens with zero attached hydrogens (tertiary/aromatic N) is 1. The fourth-order valence-corrected chi connectivity index (χ4v) is 6.74. The van der Waals surface area contributed by atoms with Crippen molar-refractivity contribution >= 4 is 35.1 Å². The van der Waals surface area contributed by atoms with Gasteiger partial charge in [-0.05, 0) is 93.9 Å². The largest absolute Gasteiger partial charge is 0.489 e. The average Bonchev–Trinajstić information content (AvgIpc) is 3.20. The Morgan fingerprint density at radius 2 is 1.58 bits per heavy atom. The third-order valence-electron chi connectivity index (χ3n) is 9.39. The minimum atomic E-state index is -0.864. The number of hydrogen-bond acceptors (Lipinski definition) is 8. The summed E-state index contributed by atoms with van der Waals surface area (Å²) in [6.07, 6.45) is 0.379. The van der Waals surface area contributed by atoms with Gasteiger partial charge in [0.25, 0.3) is 0 Å². The zero-order valence-electron chi connectivity index (χ0n) is 28.7. The zero-order valence-corrected chi connectivity index (χ0v) is 30.2. The van der Waals surface area contributed by atoms with Crippen molar-refractivity contribution in [3.05, 3.63) is 147 Å². The number of hydrogen-bond donors (Lipinski definition) is 2. The molecule has 268 valence electrons. The van der Waals surface area contributed by atoms with Crippen LogP contribution in [0.25, 0.3) is 11.1 Å². The fraction of sp³-hybridized carbons (Fsp3) is 0.214. The molecule has 11 heteroatoms. The summed E-state index contributed by atoms with van der Waals surface area (Å²) in [7, 11) is 1.31. The van der Waals surface area contributed by atoms with Gasteiger partial charge in [-0.25, -0.2) is 4.79 Å². The number of methoxy groups -OCH3 is 1. The van der Waals surface area contributed by atoms with Crippen molar-refractivity contribution in [3.63, 3.8) is 0 Å². The second-order valence-electron chi connectivity index (χ2n) is 12.9. The first-order valence-electron chi connectivity index (χ1n) is 17.1. The molecule has 0 radical (unpaired) electrons. The highest BCUT2D eigenvalue weighted by atomic mass is 35.5. The second-order valence-corrected chi connectivity index (χ2v) is 13.7. The number of rotatable bonds is 10. The predicted molar refractivity (Wildman–Crippen MR) is 201 cm³/mol. The molecule has 0 fully saturated rings. The minimum Gasteiger partial charge on any atom is -0.489 e. The van der Waals surface area contributed by atoms with Gasteiger partial charge in [-0.3, -0.25) is 4.79 Å². The van der Waals surface area contributed by atoms with E-state index >= 15 is 0 Å². The molecular formula is C42H35Cl2N3O6. The minimum absolute atomic E-state index is 0.268. The number of benzene rings is 5. The monoisotopic (exact) mass is 747 g/mol. The van der Waals surface area contributed by atoms with E-state index in [4.69, 9.17) is 47.4 Å². The van der Waals surface area contributed by atoms with Crippen LogP contribution in [-0.2, 0) is 40.3 Å². The molecule has 2 heterocycles. The molecule has 1 amide bonds. The predicted octanol–water partition coefficient (Wildman–Crippen LogP) is 7.54. The number of nitrogens with one attached hydrogen (secondary N) is 2. The van der Waals surface area contributed by atoms with Gasteiger partial charge in [0, 0.05) is 13.0 Å². The van der Waals surface area contributed by atoms with E-state index < -0.39 is 18.1 Å². The van der Waals surface area contributed by atoms with E-state index in [9.17, 15) is 9.59 Å². The van der Waals surface area contributed by atoms with Gasteiger partial charge < -0.3 is 29.6 Å². The Morgan fingerprint density at radius 1 is 0.887 bits per heavy atom. The Balaban J connectivity index is 0.949. The summed E-state index contributed by atoms with van der Waals surface area (Å²) in [5.74, 6) is 1.16. The van der Waals surface area contributed by atoms with Crippen molar-refractivity contribution in [2.24, 2.45) is 0 Å². The van der Waals surface area contributed by atoms with Crippen LogP contribution in [0.5, 0.6) is 17.2 Å². The normalized spacial score (nSPS) is 16.4. The smallest absolute Gasteiger partial charge is 0.328 e. The summed E-state index contributed by atoms with van der Waals surface area (Å²) < 4.78 is 23.5. The third-order valence-corrected chi connectivity index (χ3v) is 10.1. The molecular weight excluding hydrogens is 713 g/mol. The summed E-state index contributed by atoms with van der Waals surface area (Å²) in [6, 6.07) is 32.8. The SMILES string of the molecule is COC(=O)[C@H](Cc1ccc(-c2ccc(C#N)cc2)cc1)NC(=O)C1Cc2cc3c(cc2CN1)O[C@@H](c1ccc(OCc2ccc(Cl)c(Cl)c2)cc1)CO3. The first kappa shape index (κ1) is 35.9. The summed E-state index contributed by atoms with van der Waals surface area (Å²) in [6.45, 7) is 1.13. The Bertz CT molecular complexity index is 2170. The summed E-state index contributed by atoms with van der Waals surface area (Å²) >= 11 is 12.1. The Labute approximate surface area is 317 Å². The van der Waals surface area contributed by atoms with Crippen LogP contribution >= 0.6 is 23.2 Å². The standard InChI is InChI=1S/C42H35Cl2N3O6/c1-50-42(49)37(17-25-2-7-28(8-3-25)29-9-4-26(21-45)5-10-29)47-41(48)36-18-31-19-38-39(20-32(31)22-46-36)53-40(24-52-38)30-11-13-33(14-12-30)51-23-27-6-15-34(43)35(44)16-27/h2-16,19-20,36-37,40,46H,17-18,22-24H2,1H3,(H,47,48)/t36?,37-,40+/m0/s1. The van der Waals surface area contributed by atoms with E-state index in [-0.39, 0.29) is 18.4 Å². The van der Waals surface area contributed by atoms with Crippen LogP contribution in [0.4, 0.5) is 0 Å². The lowest BCUT2D eigenvalue weighted by molar-refractivity contribution is -0.145. The van der Waals surface area contributed by atoms with Crippen molar-refractivity contribution in [1.29, 1.82) is 5.26 Å². The van der Waals surface area contributed by atoms with Crippen LogP contribution in [0, 0.1) is 11.3 Å². The van der Waals surface area contributed by atoms with E-state index in [1.165, 1.54) is 7.11 Å². The van der Waals surface area contributed by atoms with Crippen molar-refractivity contribution in [2.75, 3.05) is 13.7 Å². The number of fused-ring (bicyclic) bond motifs is 2. The average molecular weight is 749 g/mol. The van der Waals surface area contributed by atoms with Gasteiger partial charge in [0.15, 0.2) is 17.6 Å². The molecule has 2 aliphatic heterocycles. The van der Waals surface area contributed by atoms with Gasteiger partial charge >= 0.3 is 5.97 Å². The number of halogens is 2. The molecule has 5 aromatic carbocycles. The maximum absolute atomic E-state index is 13.5. The molecule has 7 rings (SSSR count). The van der Waals surface area contributed by atoms with Gasteiger partial charge in [-0.2, -0.15) is 5.26 Å². The number of carbonyl (C=O) groups is 2. The second kappa shape index (κ2) is 16.0. The molecule has 9 nitrogen and oxygen atoms in total. The van der Waals surface area contributed by atoms with Crippen molar-refractivity contribution in [3.8, 4) is 34.4 Å². The number of nitriles is 1. The Kier molecular flexibility index (Phi) is 10.8. The lowest BCUT2D eigenvalue weighted by Gasteiger charge is -2.31. The van der Waals surface area contributed by atoms with Crippen LogP contribution in [-0.4, -0.2) is 37.7 Å². The molecule has 2 aliphatic rings. The van der Waals surface area contributed by atoms with Crippen molar-refractivity contribution < 1.29 is 28.5 Å². The van der Waals surface area contributed by atoms with Gasteiger partial charge in [0.05, 0.1) is 34.8 Å². The highest BCUT2D eigenvalue weighted by molar-refractivity contribution is 6.42. The molecule has 0 aromatic heterocycles. The molecule has 3 atom stereocenters. The lowest BCUT2D eigenvalue weighted by Crippen LogP contribution is -2.53. The summed E-state index contributed by atoms with van der Waals surface area (Å²) in [5, 5.41) is 16.3. The maximum Gasteiger partial charge on any atom is 0.328 e. The molecule has 2 N–H and O–H groups in total. The van der Waals surface area contributed by atoms with Gasteiger partial charge in [0.1, 0.15) is 25.0 Å². The maximum atomic E-state index is 13.5. The molecule has 0 saturated heterocycles. The molecule has 0 saturated carbocycles. The van der Waals surface area contributed by atoms with Crippen LogP contribution in [0.3, 0.4) is 0 Å². The van der Waals surface area contributed by atoms with Crippen LogP contribution in [0.1, 0.15) is 39.5 Å². The van der Waals surface area contributed by atoms with Crippen LogP contribution in [0.15, 0.2) is 103 Å². The molecule has 53 heavy (non-hydrogen) atoms. The Hall–Kier alpha value is -5.53. The van der Waals surface area contributed by atoms with Gasteiger partial charge in [-0.15, -0.1) is 0 Å². The van der Waals surface area contributed by atoms with Gasteiger partial charge in [0.2, 0.25) is 5.91 Å². The molecule has 1 unspecified atom stereocenters. The van der Waals surface area contributed by atoms with E-state index in [1.807, 2.05) is 78.9 Å². The van der Waals surface area contributed by atoms with E-state index in [1.54, 1.807) is 24.3 Å². The molecule has 0 aliphatic carbocycles. The molecule has 5 aromatic rings. The van der Waals surface area contributed by atoms with Gasteiger partial charge in [-0.1, -0.05) is 77.8 Å². The molecule has 0 bridgehead atoms. The summed E-state index contributed by atoms with van der Waals surface area (Å²) in [4.78, 5) is 26.3. The van der Waals surface area contributed by atoms with E-state index in [2.05, 4.69) is 16.7 Å². The molecule has 0 spiro atoms. The zero-order chi connectivity index (χ0) is 36.9. The number of amides is 1. The Morgan fingerprint density at radius 3 is 2.28 bits per heavy atom. The third kappa shape index (κ3) is 8.42. The highest BCUT2D eigenvalue weighted by Crippen LogP contribution is 2.40. The quantitative estimate of drug-likeness (QED) is 0.141.